The van der Waals surface area contributed by atoms with Gasteiger partial charge in [-0.3, -0.25) is 24.1 Å². The average Bonchev–Trinajstić information content (AvgIpc) is 2.88. The smallest absolute Gasteiger partial charge is 0.326 e. The van der Waals surface area contributed by atoms with Crippen LogP contribution < -0.4 is 5.32 Å². The maximum absolute atomic E-state index is 13.6. The van der Waals surface area contributed by atoms with Crippen LogP contribution in [0.5, 0.6) is 0 Å². The minimum Gasteiger partial charge on any atom is -0.454 e. The average molecular weight is 397 g/mol. The van der Waals surface area contributed by atoms with Crippen molar-refractivity contribution in [2.45, 2.75) is 25.7 Å². The van der Waals surface area contributed by atoms with E-state index in [0.29, 0.717) is 12.8 Å². The van der Waals surface area contributed by atoms with Crippen LogP contribution >= 0.6 is 11.6 Å². The van der Waals surface area contributed by atoms with E-state index in [0.717, 1.165) is 23.8 Å². The fraction of sp³-hybridized carbons (Fsp3) is 0.444. The van der Waals surface area contributed by atoms with Gasteiger partial charge >= 0.3 is 5.97 Å². The molecule has 1 saturated carbocycles. The lowest BCUT2D eigenvalue weighted by atomic mass is 9.81. The van der Waals surface area contributed by atoms with E-state index in [9.17, 15) is 23.6 Å². The van der Waals surface area contributed by atoms with E-state index >= 15 is 0 Å². The highest BCUT2D eigenvalue weighted by atomic mass is 35.5. The van der Waals surface area contributed by atoms with Gasteiger partial charge in [0.25, 0.3) is 5.91 Å². The second kappa shape index (κ2) is 8.04. The number of amides is 3. The Kier molecular flexibility index (Phi) is 5.74. The number of hydrogen-bond acceptors (Lipinski definition) is 5. The van der Waals surface area contributed by atoms with E-state index in [2.05, 4.69) is 5.32 Å². The predicted octanol–water partition coefficient (Wildman–Crippen LogP) is 2.14. The number of ether oxygens (including phenoxy) is 1. The third-order valence-corrected chi connectivity index (χ3v) is 5.02. The molecule has 0 bridgehead atoms. The van der Waals surface area contributed by atoms with Gasteiger partial charge in [0, 0.05) is 5.02 Å². The van der Waals surface area contributed by atoms with Crippen molar-refractivity contribution in [1.82, 2.24) is 4.90 Å². The SMILES string of the molecule is O=C(COC(=O)CN1C(=O)[C@H]2CCCC[C@H]2C1=O)Nc1ccc(Cl)cc1F. The molecule has 1 aliphatic carbocycles. The number of benzene rings is 1. The molecule has 1 saturated heterocycles. The number of rotatable bonds is 5. The number of nitrogens with zero attached hydrogens (tertiary/aromatic N) is 1. The highest BCUT2D eigenvalue weighted by molar-refractivity contribution is 6.30. The molecule has 2 atom stereocenters. The van der Waals surface area contributed by atoms with Crippen molar-refractivity contribution >= 4 is 41.0 Å². The van der Waals surface area contributed by atoms with E-state index in [4.69, 9.17) is 16.3 Å². The highest BCUT2D eigenvalue weighted by Crippen LogP contribution is 2.37. The molecule has 27 heavy (non-hydrogen) atoms. The zero-order valence-electron chi connectivity index (χ0n) is 14.4. The summed E-state index contributed by atoms with van der Waals surface area (Å²) in [6.45, 7) is -1.18. The second-order valence-electron chi connectivity index (χ2n) is 6.59. The van der Waals surface area contributed by atoms with Crippen LogP contribution in [0, 0.1) is 17.7 Å². The summed E-state index contributed by atoms with van der Waals surface area (Å²) in [6.07, 6.45) is 3.07. The van der Waals surface area contributed by atoms with Crippen molar-refractivity contribution in [3.8, 4) is 0 Å². The Morgan fingerprint density at radius 2 is 1.81 bits per heavy atom. The van der Waals surface area contributed by atoms with Crippen LogP contribution in [-0.2, 0) is 23.9 Å². The molecule has 3 rings (SSSR count). The van der Waals surface area contributed by atoms with E-state index in [1.165, 1.54) is 12.1 Å². The third kappa shape index (κ3) is 4.27. The van der Waals surface area contributed by atoms with Gasteiger partial charge in [-0.25, -0.2) is 4.39 Å². The molecule has 0 spiro atoms. The van der Waals surface area contributed by atoms with Gasteiger partial charge in [0.2, 0.25) is 11.8 Å². The molecule has 7 nitrogen and oxygen atoms in total. The van der Waals surface area contributed by atoms with Crippen LogP contribution in [-0.4, -0.2) is 41.7 Å². The van der Waals surface area contributed by atoms with Crippen molar-refractivity contribution in [3.05, 3.63) is 29.0 Å². The number of esters is 1. The minimum absolute atomic E-state index is 0.102. The number of carbonyl (C=O) groups is 4. The summed E-state index contributed by atoms with van der Waals surface area (Å²) in [5.41, 5.74) is -0.102. The summed E-state index contributed by atoms with van der Waals surface area (Å²) in [4.78, 5) is 49.2. The van der Waals surface area contributed by atoms with Crippen molar-refractivity contribution in [1.29, 1.82) is 0 Å². The first-order valence-corrected chi connectivity index (χ1v) is 9.00. The molecule has 0 aromatic heterocycles. The Balaban J connectivity index is 1.50. The Hall–Kier alpha value is -2.48. The normalized spacial score (nSPS) is 21.8. The number of carbonyl (C=O) groups excluding carboxylic acids is 4. The van der Waals surface area contributed by atoms with E-state index in [1.54, 1.807) is 0 Å². The zero-order valence-corrected chi connectivity index (χ0v) is 15.1. The number of nitrogens with one attached hydrogen (secondary N) is 1. The van der Waals surface area contributed by atoms with E-state index < -0.39 is 30.8 Å². The Morgan fingerprint density at radius 3 is 2.41 bits per heavy atom. The van der Waals surface area contributed by atoms with Crippen molar-refractivity contribution in [3.63, 3.8) is 0 Å². The van der Waals surface area contributed by atoms with Gasteiger partial charge in [0.15, 0.2) is 6.61 Å². The topological polar surface area (TPSA) is 92.8 Å². The lowest BCUT2D eigenvalue weighted by Crippen LogP contribution is -2.37. The number of likely N-dealkylation sites (tertiary alicyclic amines) is 1. The summed E-state index contributed by atoms with van der Waals surface area (Å²) >= 11 is 5.62. The van der Waals surface area contributed by atoms with Gasteiger partial charge in [0.1, 0.15) is 12.4 Å². The molecular formula is C18H18ClFN2O5. The van der Waals surface area contributed by atoms with Crippen LogP contribution in [0.4, 0.5) is 10.1 Å². The number of halogens is 2. The molecule has 1 aromatic carbocycles. The third-order valence-electron chi connectivity index (χ3n) is 4.79. The van der Waals surface area contributed by atoms with Crippen LogP contribution in [0.15, 0.2) is 18.2 Å². The van der Waals surface area contributed by atoms with Gasteiger partial charge in [-0.05, 0) is 31.0 Å². The van der Waals surface area contributed by atoms with Gasteiger partial charge in [-0.15, -0.1) is 0 Å². The van der Waals surface area contributed by atoms with Crippen LogP contribution in [0.1, 0.15) is 25.7 Å². The molecule has 2 aliphatic rings. The quantitative estimate of drug-likeness (QED) is 0.608. The fourth-order valence-corrected chi connectivity index (χ4v) is 3.64. The maximum Gasteiger partial charge on any atom is 0.326 e. The standard InChI is InChI=1S/C18H18ClFN2O5/c19-10-5-6-14(13(20)7-10)21-15(23)9-27-16(24)8-22-17(25)11-3-1-2-4-12(11)18(22)26/h5-7,11-12H,1-4,8-9H2,(H,21,23)/t11-,12+. The van der Waals surface area contributed by atoms with Crippen molar-refractivity contribution < 1.29 is 28.3 Å². The van der Waals surface area contributed by atoms with Gasteiger partial charge < -0.3 is 10.1 Å². The number of anilines is 1. The summed E-state index contributed by atoms with van der Waals surface area (Å²) < 4.78 is 18.4. The highest BCUT2D eigenvalue weighted by Gasteiger charge is 2.48. The monoisotopic (exact) mass is 396 g/mol. The lowest BCUT2D eigenvalue weighted by Gasteiger charge is -2.19. The summed E-state index contributed by atoms with van der Waals surface area (Å²) in [6, 6.07) is 3.71. The molecule has 2 fully saturated rings. The van der Waals surface area contributed by atoms with E-state index in [1.807, 2.05) is 0 Å². The molecule has 0 radical (unpaired) electrons. The molecule has 3 amide bonds. The van der Waals surface area contributed by atoms with Crippen LogP contribution in [0.25, 0.3) is 0 Å². The molecule has 1 aromatic rings. The predicted molar refractivity (Wildman–Crippen MR) is 93.2 cm³/mol. The van der Waals surface area contributed by atoms with Gasteiger partial charge in [-0.2, -0.15) is 0 Å². The molecule has 144 valence electrons. The Bertz CT molecular complexity index is 776. The summed E-state index contributed by atoms with van der Waals surface area (Å²) in [5.74, 6) is -3.76. The Labute approximate surface area is 159 Å². The second-order valence-corrected chi connectivity index (χ2v) is 7.03. The van der Waals surface area contributed by atoms with Crippen molar-refractivity contribution in [2.75, 3.05) is 18.5 Å². The van der Waals surface area contributed by atoms with Crippen molar-refractivity contribution in [2.24, 2.45) is 11.8 Å². The van der Waals surface area contributed by atoms with Gasteiger partial charge in [-0.1, -0.05) is 24.4 Å². The molecular weight excluding hydrogens is 379 g/mol. The molecule has 0 unspecified atom stereocenters. The van der Waals surface area contributed by atoms with E-state index in [-0.39, 0.29) is 34.4 Å². The largest absolute Gasteiger partial charge is 0.454 e. The summed E-state index contributed by atoms with van der Waals surface area (Å²) in [7, 11) is 0. The maximum atomic E-state index is 13.6. The Morgan fingerprint density at radius 1 is 1.19 bits per heavy atom. The zero-order chi connectivity index (χ0) is 19.6. The molecule has 1 N–H and O–H groups in total. The van der Waals surface area contributed by atoms with Crippen LogP contribution in [0.3, 0.4) is 0 Å². The molecule has 1 aliphatic heterocycles. The fourth-order valence-electron chi connectivity index (χ4n) is 3.48. The summed E-state index contributed by atoms with van der Waals surface area (Å²) in [5, 5.41) is 2.43. The minimum atomic E-state index is -0.873. The number of fused-ring (bicyclic) bond motifs is 1. The first-order valence-electron chi connectivity index (χ1n) is 8.62. The lowest BCUT2D eigenvalue weighted by molar-refractivity contribution is -0.154. The first kappa shape index (κ1) is 19.3. The number of imide groups is 1. The number of hydrogen-bond donors (Lipinski definition) is 1. The van der Waals surface area contributed by atoms with Gasteiger partial charge in [0.05, 0.1) is 17.5 Å². The van der Waals surface area contributed by atoms with Crippen LogP contribution in [0.2, 0.25) is 5.02 Å². The first-order chi connectivity index (χ1) is 12.9. The molecule has 9 heteroatoms. The molecule has 1 heterocycles.